The molecule has 2 rings (SSSR count). The quantitative estimate of drug-likeness (QED) is 0.844. The first-order valence-corrected chi connectivity index (χ1v) is 6.67. The van der Waals surface area contributed by atoms with Gasteiger partial charge in [0, 0.05) is 25.5 Å². The molecule has 2 heterocycles. The Balaban J connectivity index is 1.63. The summed E-state index contributed by atoms with van der Waals surface area (Å²) < 4.78 is 10.8. The van der Waals surface area contributed by atoms with Crippen molar-refractivity contribution in [2.45, 2.75) is 51.2 Å². The van der Waals surface area contributed by atoms with Crippen LogP contribution in [0.2, 0.25) is 0 Å². The van der Waals surface area contributed by atoms with Crippen molar-refractivity contribution in [3.63, 3.8) is 0 Å². The molecule has 0 aliphatic carbocycles. The fourth-order valence-electron chi connectivity index (χ4n) is 2.29. The van der Waals surface area contributed by atoms with Crippen LogP contribution in [0.3, 0.4) is 0 Å². The van der Waals surface area contributed by atoms with E-state index in [1.165, 1.54) is 0 Å². The van der Waals surface area contributed by atoms with E-state index in [0.717, 1.165) is 38.1 Å². The molecule has 0 bridgehead atoms. The van der Waals surface area contributed by atoms with E-state index >= 15 is 0 Å². The molecule has 1 amide bonds. The number of hydrogen-bond donors (Lipinski definition) is 1. The maximum Gasteiger partial charge on any atom is 0.220 e. The molecular formula is C14H21NO3. The number of nitrogens with one attached hydrogen (secondary N) is 1. The van der Waals surface area contributed by atoms with E-state index in [-0.39, 0.29) is 18.1 Å². The summed E-state index contributed by atoms with van der Waals surface area (Å²) in [5.74, 6) is 1.01. The van der Waals surface area contributed by atoms with Gasteiger partial charge in [0.25, 0.3) is 0 Å². The lowest BCUT2D eigenvalue weighted by molar-refractivity contribution is -0.122. The van der Waals surface area contributed by atoms with Crippen LogP contribution in [-0.2, 0) is 16.0 Å². The average Bonchev–Trinajstić information content (AvgIpc) is 2.98. The van der Waals surface area contributed by atoms with Gasteiger partial charge >= 0.3 is 0 Å². The molecule has 1 aromatic heterocycles. The fraction of sp³-hybridized carbons (Fsp3) is 0.643. The molecule has 1 saturated heterocycles. The van der Waals surface area contributed by atoms with Gasteiger partial charge in [-0.05, 0) is 38.3 Å². The summed E-state index contributed by atoms with van der Waals surface area (Å²) in [7, 11) is 0. The normalized spacial score (nSPS) is 20.8. The largest absolute Gasteiger partial charge is 0.469 e. The average molecular weight is 251 g/mol. The Kier molecular flexibility index (Phi) is 4.81. The molecule has 100 valence electrons. The third kappa shape index (κ3) is 4.18. The molecule has 4 nitrogen and oxygen atoms in total. The summed E-state index contributed by atoms with van der Waals surface area (Å²) in [6, 6.07) is 3.89. The van der Waals surface area contributed by atoms with Crippen LogP contribution >= 0.6 is 0 Å². The minimum atomic E-state index is 0.101. The Bertz CT molecular complexity index is 355. The zero-order valence-electron chi connectivity index (χ0n) is 10.9. The molecule has 1 fully saturated rings. The zero-order chi connectivity index (χ0) is 12.8. The highest BCUT2D eigenvalue weighted by Crippen LogP contribution is 2.16. The van der Waals surface area contributed by atoms with E-state index in [0.29, 0.717) is 6.42 Å². The first kappa shape index (κ1) is 13.1. The number of rotatable bonds is 6. The third-order valence-corrected chi connectivity index (χ3v) is 3.21. The molecule has 0 radical (unpaired) electrons. The second-order valence-corrected chi connectivity index (χ2v) is 4.93. The van der Waals surface area contributed by atoms with Gasteiger partial charge in [0.1, 0.15) is 5.76 Å². The van der Waals surface area contributed by atoms with Gasteiger partial charge in [-0.1, -0.05) is 0 Å². The van der Waals surface area contributed by atoms with Crippen LogP contribution < -0.4 is 5.32 Å². The molecule has 18 heavy (non-hydrogen) atoms. The lowest BCUT2D eigenvalue weighted by atomic mass is 10.1. The predicted molar refractivity (Wildman–Crippen MR) is 68.2 cm³/mol. The molecule has 1 aliphatic heterocycles. The maximum absolute atomic E-state index is 11.7. The Labute approximate surface area is 108 Å². The van der Waals surface area contributed by atoms with E-state index in [9.17, 15) is 4.79 Å². The van der Waals surface area contributed by atoms with Crippen molar-refractivity contribution in [1.82, 2.24) is 5.32 Å². The van der Waals surface area contributed by atoms with Crippen LogP contribution in [0.4, 0.5) is 0 Å². The highest BCUT2D eigenvalue weighted by atomic mass is 16.5. The molecule has 0 aromatic carbocycles. The predicted octanol–water partition coefficient (Wildman–Crippen LogP) is 2.29. The number of furan rings is 1. The molecule has 0 unspecified atom stereocenters. The van der Waals surface area contributed by atoms with Crippen molar-refractivity contribution in [3.05, 3.63) is 24.2 Å². The highest BCUT2D eigenvalue weighted by Gasteiger charge is 2.17. The molecule has 1 N–H and O–H groups in total. The van der Waals surface area contributed by atoms with Gasteiger partial charge in [0.15, 0.2) is 0 Å². The van der Waals surface area contributed by atoms with Gasteiger partial charge in [-0.25, -0.2) is 0 Å². The minimum Gasteiger partial charge on any atom is -0.469 e. The van der Waals surface area contributed by atoms with Crippen molar-refractivity contribution >= 4 is 5.91 Å². The highest BCUT2D eigenvalue weighted by molar-refractivity contribution is 5.76. The van der Waals surface area contributed by atoms with Gasteiger partial charge < -0.3 is 14.5 Å². The molecule has 2 atom stereocenters. The Hall–Kier alpha value is -1.29. The maximum atomic E-state index is 11.7. The number of ether oxygens (including phenoxy) is 1. The minimum absolute atomic E-state index is 0.101. The second kappa shape index (κ2) is 6.59. The standard InChI is InChI=1S/C14H21NO3/c1-11(10-13-5-3-9-18-13)15-14(16)7-6-12-4-2-8-17-12/h3,5,9,11-12H,2,4,6-8,10H2,1H3,(H,15,16)/t11-,12+/m1/s1. The number of hydrogen-bond acceptors (Lipinski definition) is 3. The first-order valence-electron chi connectivity index (χ1n) is 6.67. The van der Waals surface area contributed by atoms with Crippen LogP contribution in [-0.4, -0.2) is 24.7 Å². The van der Waals surface area contributed by atoms with Crippen LogP contribution in [0.5, 0.6) is 0 Å². The Morgan fingerprint density at radius 2 is 2.50 bits per heavy atom. The summed E-state index contributed by atoms with van der Waals surface area (Å²) in [5.41, 5.74) is 0. The first-order chi connectivity index (χ1) is 8.74. The van der Waals surface area contributed by atoms with Crippen molar-refractivity contribution in [2.24, 2.45) is 0 Å². The Morgan fingerprint density at radius 1 is 1.61 bits per heavy atom. The number of carbonyl (C=O) groups excluding carboxylic acids is 1. The van der Waals surface area contributed by atoms with E-state index in [4.69, 9.17) is 9.15 Å². The second-order valence-electron chi connectivity index (χ2n) is 4.93. The fourth-order valence-corrected chi connectivity index (χ4v) is 2.29. The molecule has 0 spiro atoms. The monoisotopic (exact) mass is 251 g/mol. The van der Waals surface area contributed by atoms with E-state index < -0.39 is 0 Å². The van der Waals surface area contributed by atoms with Crippen LogP contribution in [0.15, 0.2) is 22.8 Å². The summed E-state index contributed by atoms with van der Waals surface area (Å²) in [6.45, 7) is 2.84. The molecule has 4 heteroatoms. The van der Waals surface area contributed by atoms with Crippen molar-refractivity contribution < 1.29 is 13.9 Å². The summed E-state index contributed by atoms with van der Waals surface area (Å²) in [6.07, 6.45) is 6.28. The van der Waals surface area contributed by atoms with Gasteiger partial charge in [0.05, 0.1) is 12.4 Å². The van der Waals surface area contributed by atoms with Crippen molar-refractivity contribution in [3.8, 4) is 0 Å². The molecular weight excluding hydrogens is 230 g/mol. The van der Waals surface area contributed by atoms with Gasteiger partial charge in [-0.2, -0.15) is 0 Å². The summed E-state index contributed by atoms with van der Waals surface area (Å²) in [4.78, 5) is 11.7. The SMILES string of the molecule is C[C@H](Cc1ccco1)NC(=O)CC[C@@H]1CCCO1. The van der Waals surface area contributed by atoms with Gasteiger partial charge in [0.2, 0.25) is 5.91 Å². The third-order valence-electron chi connectivity index (χ3n) is 3.21. The van der Waals surface area contributed by atoms with Gasteiger partial charge in [-0.15, -0.1) is 0 Å². The van der Waals surface area contributed by atoms with Crippen LogP contribution in [0.25, 0.3) is 0 Å². The number of carbonyl (C=O) groups is 1. The molecule has 1 aliphatic rings. The number of amides is 1. The Morgan fingerprint density at radius 3 is 3.17 bits per heavy atom. The topological polar surface area (TPSA) is 51.5 Å². The van der Waals surface area contributed by atoms with E-state index in [2.05, 4.69) is 5.32 Å². The van der Waals surface area contributed by atoms with Crippen molar-refractivity contribution in [1.29, 1.82) is 0 Å². The lowest BCUT2D eigenvalue weighted by Crippen LogP contribution is -2.34. The van der Waals surface area contributed by atoms with E-state index in [1.807, 2.05) is 19.1 Å². The van der Waals surface area contributed by atoms with E-state index in [1.54, 1.807) is 6.26 Å². The van der Waals surface area contributed by atoms with Crippen LogP contribution in [0, 0.1) is 0 Å². The summed E-state index contributed by atoms with van der Waals surface area (Å²) in [5, 5.41) is 2.99. The zero-order valence-corrected chi connectivity index (χ0v) is 10.9. The van der Waals surface area contributed by atoms with Crippen molar-refractivity contribution in [2.75, 3.05) is 6.61 Å². The molecule has 0 saturated carbocycles. The molecule has 1 aromatic rings. The smallest absolute Gasteiger partial charge is 0.220 e. The van der Waals surface area contributed by atoms with Crippen LogP contribution in [0.1, 0.15) is 38.4 Å². The summed E-state index contributed by atoms with van der Waals surface area (Å²) >= 11 is 0. The lowest BCUT2D eigenvalue weighted by Gasteiger charge is -2.14. The van der Waals surface area contributed by atoms with Gasteiger partial charge in [-0.3, -0.25) is 4.79 Å².